The van der Waals surface area contributed by atoms with E-state index < -0.39 is 4.92 Å². The zero-order valence-corrected chi connectivity index (χ0v) is 13.8. The van der Waals surface area contributed by atoms with Crippen LogP contribution in [0.25, 0.3) is 6.08 Å². The lowest BCUT2D eigenvalue weighted by atomic mass is 10.2. The van der Waals surface area contributed by atoms with E-state index in [9.17, 15) is 14.9 Å². The monoisotopic (exact) mass is 343 g/mol. The lowest BCUT2D eigenvalue weighted by molar-refractivity contribution is -0.384. The molecule has 3 rings (SSSR count). The second-order valence-electron chi connectivity index (χ2n) is 5.43. The first-order valence-corrected chi connectivity index (χ1v) is 8.51. The van der Waals surface area contributed by atoms with Gasteiger partial charge < -0.3 is 9.80 Å². The standard InChI is InChI=1S/C17H17N3O3S/c21-17(8-7-16-2-1-13-24-16)19-11-9-18(10-12-19)14-3-5-15(6-4-14)20(22)23/h1-8,13H,9-12H2. The Morgan fingerprint density at radius 1 is 1.12 bits per heavy atom. The highest BCUT2D eigenvalue weighted by atomic mass is 32.1. The lowest BCUT2D eigenvalue weighted by Gasteiger charge is -2.35. The summed E-state index contributed by atoms with van der Waals surface area (Å²) >= 11 is 1.60. The molecule has 0 N–H and O–H groups in total. The van der Waals surface area contributed by atoms with Gasteiger partial charge in [-0.25, -0.2) is 0 Å². The fourth-order valence-corrected chi connectivity index (χ4v) is 3.23. The lowest BCUT2D eigenvalue weighted by Crippen LogP contribution is -2.48. The summed E-state index contributed by atoms with van der Waals surface area (Å²) in [7, 11) is 0. The number of nitrogens with zero attached hydrogens (tertiary/aromatic N) is 3. The van der Waals surface area contributed by atoms with Crippen molar-refractivity contribution >= 4 is 34.7 Å². The van der Waals surface area contributed by atoms with Gasteiger partial charge in [0.25, 0.3) is 5.69 Å². The normalized spacial score (nSPS) is 15.0. The first-order valence-electron chi connectivity index (χ1n) is 7.63. The van der Waals surface area contributed by atoms with E-state index in [1.807, 2.05) is 28.5 Å². The molecule has 7 heteroatoms. The van der Waals surface area contributed by atoms with Crippen molar-refractivity contribution in [1.82, 2.24) is 4.90 Å². The molecule has 6 nitrogen and oxygen atoms in total. The van der Waals surface area contributed by atoms with Gasteiger partial charge >= 0.3 is 0 Å². The Labute approximate surface area is 143 Å². The highest BCUT2D eigenvalue weighted by Crippen LogP contribution is 2.20. The largest absolute Gasteiger partial charge is 0.368 e. The van der Waals surface area contributed by atoms with E-state index in [2.05, 4.69) is 4.90 Å². The van der Waals surface area contributed by atoms with Gasteiger partial charge in [-0.2, -0.15) is 0 Å². The van der Waals surface area contributed by atoms with Gasteiger partial charge in [-0.1, -0.05) is 6.07 Å². The summed E-state index contributed by atoms with van der Waals surface area (Å²) in [6.45, 7) is 2.72. The number of carbonyl (C=O) groups excluding carboxylic acids is 1. The molecule has 0 radical (unpaired) electrons. The molecule has 0 saturated carbocycles. The molecule has 124 valence electrons. The number of non-ortho nitro benzene ring substituents is 1. The van der Waals surface area contributed by atoms with E-state index in [-0.39, 0.29) is 11.6 Å². The molecule has 0 bridgehead atoms. The van der Waals surface area contributed by atoms with Crippen LogP contribution in [0.1, 0.15) is 4.88 Å². The topological polar surface area (TPSA) is 66.7 Å². The summed E-state index contributed by atoms with van der Waals surface area (Å²) in [6.07, 6.45) is 3.46. The number of benzene rings is 1. The molecule has 1 aromatic heterocycles. The molecule has 0 spiro atoms. The third kappa shape index (κ3) is 3.80. The Morgan fingerprint density at radius 2 is 1.83 bits per heavy atom. The van der Waals surface area contributed by atoms with Crippen LogP contribution in [0.5, 0.6) is 0 Å². The minimum atomic E-state index is -0.402. The van der Waals surface area contributed by atoms with Crippen molar-refractivity contribution < 1.29 is 9.72 Å². The van der Waals surface area contributed by atoms with Crippen LogP contribution in [0.4, 0.5) is 11.4 Å². The molecular weight excluding hydrogens is 326 g/mol. The Hall–Kier alpha value is -2.67. The summed E-state index contributed by atoms with van der Waals surface area (Å²) in [5.41, 5.74) is 1.04. The zero-order valence-electron chi connectivity index (χ0n) is 13.0. The second kappa shape index (κ2) is 7.27. The molecule has 1 fully saturated rings. The van der Waals surface area contributed by atoms with Gasteiger partial charge in [-0.15, -0.1) is 11.3 Å². The number of nitro benzene ring substituents is 1. The molecular formula is C17H17N3O3S. The van der Waals surface area contributed by atoms with Crippen molar-refractivity contribution in [3.8, 4) is 0 Å². The molecule has 1 amide bonds. The van der Waals surface area contributed by atoms with Gasteiger partial charge in [-0.3, -0.25) is 14.9 Å². The van der Waals surface area contributed by atoms with Crippen LogP contribution in [0.3, 0.4) is 0 Å². The maximum absolute atomic E-state index is 12.2. The number of nitro groups is 1. The van der Waals surface area contributed by atoms with E-state index in [1.54, 1.807) is 29.5 Å². The van der Waals surface area contributed by atoms with Crippen LogP contribution < -0.4 is 4.90 Å². The molecule has 0 aliphatic carbocycles. The Balaban J connectivity index is 1.55. The number of anilines is 1. The summed E-state index contributed by atoms with van der Waals surface area (Å²) in [4.78, 5) is 27.5. The van der Waals surface area contributed by atoms with Crippen molar-refractivity contribution in [2.45, 2.75) is 0 Å². The summed E-state index contributed by atoms with van der Waals surface area (Å²) in [5, 5.41) is 12.7. The van der Waals surface area contributed by atoms with Crippen LogP contribution in [0, 0.1) is 10.1 Å². The average molecular weight is 343 g/mol. The van der Waals surface area contributed by atoms with Crippen LogP contribution in [-0.4, -0.2) is 41.9 Å². The van der Waals surface area contributed by atoms with Crippen molar-refractivity contribution in [2.24, 2.45) is 0 Å². The molecule has 1 saturated heterocycles. The molecule has 0 atom stereocenters. The third-order valence-electron chi connectivity index (χ3n) is 3.95. The molecule has 2 aromatic rings. The number of carbonyl (C=O) groups is 1. The Morgan fingerprint density at radius 3 is 2.42 bits per heavy atom. The van der Waals surface area contributed by atoms with Gasteiger partial charge in [0.1, 0.15) is 0 Å². The van der Waals surface area contributed by atoms with Gasteiger partial charge in [-0.05, 0) is 29.7 Å². The van der Waals surface area contributed by atoms with E-state index in [0.717, 1.165) is 23.7 Å². The minimum absolute atomic E-state index is 0.0201. The first kappa shape index (κ1) is 16.2. The molecule has 24 heavy (non-hydrogen) atoms. The Kier molecular flexibility index (Phi) is 4.90. The predicted molar refractivity (Wildman–Crippen MR) is 95.2 cm³/mol. The van der Waals surface area contributed by atoms with E-state index in [4.69, 9.17) is 0 Å². The molecule has 0 unspecified atom stereocenters. The van der Waals surface area contributed by atoms with Gasteiger partial charge in [0.2, 0.25) is 5.91 Å². The number of hydrogen-bond acceptors (Lipinski definition) is 5. The summed E-state index contributed by atoms with van der Waals surface area (Å²) in [5.74, 6) is 0.0201. The molecule has 2 heterocycles. The van der Waals surface area contributed by atoms with Crippen molar-refractivity contribution in [1.29, 1.82) is 0 Å². The number of piperazine rings is 1. The highest BCUT2D eigenvalue weighted by molar-refractivity contribution is 7.10. The van der Waals surface area contributed by atoms with Crippen LogP contribution in [0.15, 0.2) is 47.9 Å². The number of amides is 1. The molecule has 1 aromatic carbocycles. The minimum Gasteiger partial charge on any atom is -0.368 e. The quantitative estimate of drug-likeness (QED) is 0.486. The Bertz CT molecular complexity index is 733. The fraction of sp³-hybridized carbons (Fsp3) is 0.235. The van der Waals surface area contributed by atoms with Gasteiger partial charge in [0.05, 0.1) is 4.92 Å². The molecule has 1 aliphatic rings. The van der Waals surface area contributed by atoms with Crippen molar-refractivity contribution in [3.63, 3.8) is 0 Å². The van der Waals surface area contributed by atoms with E-state index in [1.165, 1.54) is 12.1 Å². The van der Waals surface area contributed by atoms with Gasteiger partial charge in [0.15, 0.2) is 0 Å². The van der Waals surface area contributed by atoms with Gasteiger partial charge in [0, 0.05) is 55.0 Å². The van der Waals surface area contributed by atoms with E-state index in [0.29, 0.717) is 13.1 Å². The summed E-state index contributed by atoms with van der Waals surface area (Å²) in [6, 6.07) is 10.5. The smallest absolute Gasteiger partial charge is 0.269 e. The van der Waals surface area contributed by atoms with Crippen molar-refractivity contribution in [3.05, 3.63) is 62.8 Å². The highest BCUT2D eigenvalue weighted by Gasteiger charge is 2.20. The fourth-order valence-electron chi connectivity index (χ4n) is 2.62. The zero-order chi connectivity index (χ0) is 16.9. The number of hydrogen-bond donors (Lipinski definition) is 0. The number of thiophene rings is 1. The van der Waals surface area contributed by atoms with Crippen LogP contribution in [-0.2, 0) is 4.79 Å². The summed E-state index contributed by atoms with van der Waals surface area (Å²) < 4.78 is 0. The number of rotatable bonds is 4. The average Bonchev–Trinajstić information content (AvgIpc) is 3.13. The SMILES string of the molecule is O=C(C=Cc1cccs1)N1CCN(c2ccc([N+](=O)[O-])cc2)CC1. The van der Waals surface area contributed by atoms with E-state index >= 15 is 0 Å². The molecule has 1 aliphatic heterocycles. The van der Waals surface area contributed by atoms with Crippen LogP contribution in [0.2, 0.25) is 0 Å². The third-order valence-corrected chi connectivity index (χ3v) is 4.79. The first-order chi connectivity index (χ1) is 11.6. The maximum Gasteiger partial charge on any atom is 0.269 e. The van der Waals surface area contributed by atoms with Crippen LogP contribution >= 0.6 is 11.3 Å². The van der Waals surface area contributed by atoms with Crippen molar-refractivity contribution in [2.75, 3.05) is 31.1 Å². The maximum atomic E-state index is 12.2. The second-order valence-corrected chi connectivity index (χ2v) is 6.41. The predicted octanol–water partition coefficient (Wildman–Crippen LogP) is 3.02.